The van der Waals surface area contributed by atoms with Crippen molar-refractivity contribution >= 4 is 39.5 Å². The molecule has 0 aliphatic heterocycles. The standard InChI is InChI=1S/C81H138O17P2/c1-5-9-13-17-21-25-29-33-36-37-40-43-46-50-54-58-62-66-79(84)92-72-77(98-81(86)68-64-60-56-52-48-44-39-35-31-27-23-19-15-11-7-3)74-96-100(89,90)94-70-75(82)69-93-99(87,88)95-73-76(97-80(85)67-63-59-55-51-47-41-32-28-24-20-16-12-8-4)71-91-78(83)65-61-57-53-49-45-42-38-34-30-26-22-18-14-10-6-2/h9,13,16,20-21,23,25,27-28,32-36,38-40,43,50,54,75-77,82H,5-8,10-12,14-15,17-19,22,24,26,29-31,37,41-42,44-49,51-53,55-74H2,1-4H3,(H,87,88)(H,89,90)/b13-9-,20-16-,25-21-,27-23-,32-28-,36-33-,38-34-,39-35-,43-40-,54-50-. The van der Waals surface area contributed by atoms with E-state index in [1.165, 1.54) is 57.8 Å². The van der Waals surface area contributed by atoms with E-state index in [2.05, 4.69) is 137 Å². The Bertz CT molecular complexity index is 2370. The Morgan fingerprint density at radius 3 is 0.910 bits per heavy atom. The Kier molecular flexibility index (Phi) is 69.5. The van der Waals surface area contributed by atoms with E-state index < -0.39 is 97.5 Å². The molecule has 0 radical (unpaired) electrons. The number of allylic oxidation sites excluding steroid dienone is 20. The Morgan fingerprint density at radius 1 is 0.290 bits per heavy atom. The van der Waals surface area contributed by atoms with Crippen LogP contribution in [0.3, 0.4) is 0 Å². The number of aliphatic hydroxyl groups is 1. The van der Waals surface area contributed by atoms with Crippen molar-refractivity contribution in [2.75, 3.05) is 39.6 Å². The summed E-state index contributed by atoms with van der Waals surface area (Å²) in [6, 6.07) is 0. The molecule has 3 N–H and O–H groups in total. The zero-order chi connectivity index (χ0) is 73.2. The minimum Gasteiger partial charge on any atom is -0.462 e. The molecule has 0 fully saturated rings. The molecule has 0 aliphatic rings. The molecule has 0 saturated carbocycles. The third kappa shape index (κ3) is 71.8. The summed E-state index contributed by atoms with van der Waals surface area (Å²) < 4.78 is 68.4. The maximum Gasteiger partial charge on any atom is 0.472 e. The van der Waals surface area contributed by atoms with Gasteiger partial charge in [0.2, 0.25) is 0 Å². The van der Waals surface area contributed by atoms with Gasteiger partial charge in [-0.3, -0.25) is 37.3 Å². The first-order chi connectivity index (χ1) is 48.7. The summed E-state index contributed by atoms with van der Waals surface area (Å²) in [5.41, 5.74) is 0. The fraction of sp³-hybridized carbons (Fsp3) is 0.704. The maximum atomic E-state index is 13.1. The van der Waals surface area contributed by atoms with Crippen LogP contribution >= 0.6 is 15.6 Å². The third-order valence-electron chi connectivity index (χ3n) is 15.9. The van der Waals surface area contributed by atoms with Gasteiger partial charge in [-0.05, 0) is 148 Å². The van der Waals surface area contributed by atoms with E-state index in [9.17, 15) is 43.2 Å². The van der Waals surface area contributed by atoms with Crippen molar-refractivity contribution in [2.24, 2.45) is 0 Å². The number of unbranched alkanes of at least 4 members (excludes halogenated alkanes) is 26. The highest BCUT2D eigenvalue weighted by atomic mass is 31.2. The van der Waals surface area contributed by atoms with Crippen molar-refractivity contribution in [3.8, 4) is 0 Å². The van der Waals surface area contributed by atoms with Crippen LogP contribution in [0.4, 0.5) is 0 Å². The van der Waals surface area contributed by atoms with Gasteiger partial charge in [0, 0.05) is 25.7 Å². The zero-order valence-corrected chi connectivity index (χ0v) is 64.4. The molecule has 0 amide bonds. The van der Waals surface area contributed by atoms with Crippen molar-refractivity contribution in [1.29, 1.82) is 0 Å². The van der Waals surface area contributed by atoms with Gasteiger partial charge in [-0.25, -0.2) is 9.13 Å². The molecular formula is C81H138O17P2. The summed E-state index contributed by atoms with van der Waals surface area (Å²) >= 11 is 0. The molecule has 0 heterocycles. The van der Waals surface area contributed by atoms with Gasteiger partial charge in [-0.2, -0.15) is 0 Å². The average Bonchev–Trinajstić information content (AvgIpc) is 1.06. The Balaban J connectivity index is 5.42. The SMILES string of the molecule is CC/C=C\C/C=C\C/C=C\C/C=C\C/C=C\CCCC(=O)OCC(COP(=O)(O)OCC(O)COP(=O)(O)OCC(COC(=O)CCCCCCC/C=C\CCCCCCCC)OC(=O)CCCCCCC/C=C\C/C=C\CCC)OC(=O)CCCCCCC/C=C\C/C=C\CCCCC. The van der Waals surface area contributed by atoms with Crippen LogP contribution in [-0.2, 0) is 65.4 Å². The Labute approximate surface area is 606 Å². The number of hydrogen-bond donors (Lipinski definition) is 3. The number of phosphoric ester groups is 2. The quantitative estimate of drug-likeness (QED) is 0.0169. The maximum absolute atomic E-state index is 13.1. The van der Waals surface area contributed by atoms with Crippen LogP contribution in [0.15, 0.2) is 122 Å². The highest BCUT2D eigenvalue weighted by Gasteiger charge is 2.30. The summed E-state index contributed by atoms with van der Waals surface area (Å²) in [6.07, 6.45) is 79.0. The predicted octanol–water partition coefficient (Wildman–Crippen LogP) is 22.3. The predicted molar refractivity (Wildman–Crippen MR) is 408 cm³/mol. The van der Waals surface area contributed by atoms with Gasteiger partial charge in [-0.1, -0.05) is 258 Å². The highest BCUT2D eigenvalue weighted by molar-refractivity contribution is 7.47. The molecule has 0 aromatic rings. The molecule has 0 aliphatic carbocycles. The van der Waals surface area contributed by atoms with Crippen molar-refractivity contribution in [2.45, 2.75) is 329 Å². The van der Waals surface area contributed by atoms with E-state index in [0.717, 1.165) is 167 Å². The number of carbonyl (C=O) groups is 4. The second-order valence-corrected chi connectivity index (χ2v) is 28.5. The van der Waals surface area contributed by atoms with E-state index in [1.54, 1.807) is 0 Å². The smallest absolute Gasteiger partial charge is 0.462 e. The molecule has 5 unspecified atom stereocenters. The van der Waals surface area contributed by atoms with Crippen LogP contribution in [0.25, 0.3) is 0 Å². The number of rotatable bonds is 72. The summed E-state index contributed by atoms with van der Waals surface area (Å²) in [5, 5.41) is 10.6. The van der Waals surface area contributed by atoms with E-state index in [-0.39, 0.29) is 25.7 Å². The number of aliphatic hydroxyl groups excluding tert-OH is 1. The second kappa shape index (κ2) is 72.8. The monoisotopic (exact) mass is 1440 g/mol. The van der Waals surface area contributed by atoms with Gasteiger partial charge in [0.15, 0.2) is 12.2 Å². The van der Waals surface area contributed by atoms with Gasteiger partial charge >= 0.3 is 39.5 Å². The lowest BCUT2D eigenvalue weighted by Crippen LogP contribution is -2.30. The Hall–Kier alpha value is -4.54. The lowest BCUT2D eigenvalue weighted by Gasteiger charge is -2.21. The number of phosphoric acid groups is 2. The minimum atomic E-state index is -4.99. The van der Waals surface area contributed by atoms with Crippen LogP contribution in [0.1, 0.15) is 310 Å². The molecule has 0 saturated heterocycles. The molecule has 0 spiro atoms. The first-order valence-electron chi connectivity index (χ1n) is 38.8. The first-order valence-corrected chi connectivity index (χ1v) is 41.8. The van der Waals surface area contributed by atoms with Crippen LogP contribution in [0, 0.1) is 0 Å². The molecule has 574 valence electrons. The first kappa shape index (κ1) is 95.5. The molecule has 0 aromatic carbocycles. The van der Waals surface area contributed by atoms with E-state index in [1.807, 2.05) is 12.2 Å². The molecule has 0 rings (SSSR count). The van der Waals surface area contributed by atoms with Gasteiger partial charge in [0.25, 0.3) is 0 Å². The normalized spacial score (nSPS) is 14.6. The van der Waals surface area contributed by atoms with Gasteiger partial charge < -0.3 is 33.8 Å². The second-order valence-electron chi connectivity index (χ2n) is 25.6. The van der Waals surface area contributed by atoms with Crippen molar-refractivity contribution in [1.82, 2.24) is 0 Å². The highest BCUT2D eigenvalue weighted by Crippen LogP contribution is 2.45. The third-order valence-corrected chi connectivity index (χ3v) is 17.8. The summed E-state index contributed by atoms with van der Waals surface area (Å²) in [5.74, 6) is -2.28. The summed E-state index contributed by atoms with van der Waals surface area (Å²) in [6.45, 7) is 4.56. The van der Waals surface area contributed by atoms with E-state index in [4.69, 9.17) is 37.0 Å². The molecule has 17 nitrogen and oxygen atoms in total. The van der Waals surface area contributed by atoms with Crippen molar-refractivity contribution in [3.05, 3.63) is 122 Å². The molecule has 19 heteroatoms. The van der Waals surface area contributed by atoms with Crippen LogP contribution in [0.2, 0.25) is 0 Å². The summed E-state index contributed by atoms with van der Waals surface area (Å²) in [7, 11) is -9.98. The van der Waals surface area contributed by atoms with Gasteiger partial charge in [0.1, 0.15) is 19.3 Å². The molecule has 100 heavy (non-hydrogen) atoms. The lowest BCUT2D eigenvalue weighted by molar-refractivity contribution is -0.161. The molecular weight excluding hydrogens is 1310 g/mol. The number of hydrogen-bond acceptors (Lipinski definition) is 15. The van der Waals surface area contributed by atoms with Crippen molar-refractivity contribution < 1.29 is 80.2 Å². The number of esters is 4. The Morgan fingerprint density at radius 2 is 0.550 bits per heavy atom. The molecule has 0 bridgehead atoms. The lowest BCUT2D eigenvalue weighted by atomic mass is 10.1. The summed E-state index contributed by atoms with van der Waals surface area (Å²) in [4.78, 5) is 72.9. The van der Waals surface area contributed by atoms with Crippen molar-refractivity contribution in [3.63, 3.8) is 0 Å². The molecule has 5 atom stereocenters. The largest absolute Gasteiger partial charge is 0.472 e. The fourth-order valence-electron chi connectivity index (χ4n) is 9.96. The fourth-order valence-corrected chi connectivity index (χ4v) is 11.5. The minimum absolute atomic E-state index is 0.0641. The van der Waals surface area contributed by atoms with E-state index >= 15 is 0 Å². The van der Waals surface area contributed by atoms with Crippen LogP contribution in [0.5, 0.6) is 0 Å². The number of ether oxygens (including phenoxy) is 4. The van der Waals surface area contributed by atoms with E-state index in [0.29, 0.717) is 32.1 Å². The van der Waals surface area contributed by atoms with Crippen LogP contribution in [-0.4, -0.2) is 96.7 Å². The molecule has 0 aromatic heterocycles. The van der Waals surface area contributed by atoms with Gasteiger partial charge in [0.05, 0.1) is 26.4 Å². The van der Waals surface area contributed by atoms with Gasteiger partial charge in [-0.15, -0.1) is 0 Å². The zero-order valence-electron chi connectivity index (χ0n) is 62.6. The topological polar surface area (TPSA) is 237 Å². The average molecular weight is 1450 g/mol. The van der Waals surface area contributed by atoms with Crippen LogP contribution < -0.4 is 0 Å². The number of carbonyl (C=O) groups excluding carboxylic acids is 4.